The zero-order valence-electron chi connectivity index (χ0n) is 23.2. The number of sulfone groups is 4. The van der Waals surface area contributed by atoms with E-state index >= 15 is 0 Å². The Morgan fingerprint density at radius 3 is 1.27 bits per heavy atom. The predicted octanol–water partition coefficient (Wildman–Crippen LogP) is 4.78. The number of allylic oxidation sites excluding steroid dienone is 2. The molecule has 0 aromatic carbocycles. The van der Waals surface area contributed by atoms with Gasteiger partial charge < -0.3 is 0 Å². The van der Waals surface area contributed by atoms with Gasteiger partial charge >= 0.3 is 0 Å². The van der Waals surface area contributed by atoms with E-state index in [1.165, 1.54) is 13.8 Å². The Kier molecular flexibility index (Phi) is 12.7. The van der Waals surface area contributed by atoms with Crippen LogP contribution in [0.5, 0.6) is 0 Å². The van der Waals surface area contributed by atoms with E-state index in [1.807, 2.05) is 0 Å². The quantitative estimate of drug-likeness (QED) is 0.143. The topological polar surface area (TPSA) is 234 Å². The van der Waals surface area contributed by atoms with Gasteiger partial charge in [0.1, 0.15) is 0 Å². The smallest absolute Gasteiger partial charge is 0.181 e. The lowest BCUT2D eigenvalue weighted by atomic mass is 10.0. The lowest BCUT2D eigenvalue weighted by Crippen LogP contribution is -2.40. The van der Waals surface area contributed by atoms with Gasteiger partial charge in [-0.25, -0.2) is 33.7 Å². The van der Waals surface area contributed by atoms with Crippen LogP contribution in [0.3, 0.4) is 0 Å². The molecule has 2 rings (SSSR count). The summed E-state index contributed by atoms with van der Waals surface area (Å²) >= 11 is 0. The second kappa shape index (κ2) is 14.9. The maximum atomic E-state index is 13.4. The highest BCUT2D eigenvalue weighted by molar-refractivity contribution is 8.10. The van der Waals surface area contributed by atoms with Crippen molar-refractivity contribution in [2.75, 3.05) is 11.5 Å². The minimum Gasteiger partial charge on any atom is -0.227 e. The second-order valence-corrected chi connectivity index (χ2v) is 20.3. The highest BCUT2D eigenvalue weighted by Crippen LogP contribution is 2.32. The molecule has 2 saturated carbocycles. The van der Waals surface area contributed by atoms with E-state index in [4.69, 9.17) is 11.1 Å². The fraction of sp³-hybridized carbons (Fsp3) is 0.826. The molecule has 0 N–H and O–H groups in total. The molecule has 0 aromatic rings. The minimum absolute atomic E-state index is 0.162. The number of rotatable bonds is 14. The van der Waals surface area contributed by atoms with E-state index in [2.05, 4.69) is 20.1 Å². The normalized spacial score (nSPS) is 20.4. The summed E-state index contributed by atoms with van der Waals surface area (Å²) in [5, 5.41) is 4.79. The maximum absolute atomic E-state index is 13.4. The molecule has 2 aliphatic rings. The molecule has 14 nitrogen and oxygen atoms in total. The zero-order chi connectivity index (χ0) is 30.9. The van der Waals surface area contributed by atoms with Gasteiger partial charge in [0.15, 0.2) is 48.5 Å². The summed E-state index contributed by atoms with van der Waals surface area (Å²) < 4.78 is 103. The van der Waals surface area contributed by atoms with E-state index in [0.29, 0.717) is 25.7 Å². The maximum Gasteiger partial charge on any atom is 0.181 e. The van der Waals surface area contributed by atoms with E-state index in [9.17, 15) is 33.7 Å². The van der Waals surface area contributed by atoms with Gasteiger partial charge in [-0.2, -0.15) is 0 Å². The van der Waals surface area contributed by atoms with Crippen LogP contribution >= 0.6 is 0 Å². The van der Waals surface area contributed by atoms with Crippen LogP contribution in [0.2, 0.25) is 0 Å². The molecule has 2 atom stereocenters. The van der Waals surface area contributed by atoms with Crippen molar-refractivity contribution in [1.29, 1.82) is 0 Å². The van der Waals surface area contributed by atoms with Crippen molar-refractivity contribution in [3.63, 3.8) is 0 Å². The van der Waals surface area contributed by atoms with Crippen LogP contribution in [0.15, 0.2) is 33.8 Å². The molecule has 0 aliphatic heterocycles. The van der Waals surface area contributed by atoms with Crippen LogP contribution in [0.25, 0.3) is 20.9 Å². The molecule has 0 heterocycles. The number of hydrogen-bond donors (Lipinski definition) is 0. The molecule has 41 heavy (non-hydrogen) atoms. The average molecular weight is 655 g/mol. The molecule has 0 amide bonds. The summed E-state index contributed by atoms with van der Waals surface area (Å²) in [6, 6.07) is 0. The molecule has 2 fully saturated rings. The number of azide groups is 2. The third-order valence-corrected chi connectivity index (χ3v) is 18.5. The number of hydrogen-bond acceptors (Lipinski definition) is 10. The molecule has 0 spiro atoms. The van der Waals surface area contributed by atoms with Crippen LogP contribution in [0.4, 0.5) is 0 Å². The molecular formula is C23H38N6O8S4. The summed E-state index contributed by atoms with van der Waals surface area (Å²) in [7, 11) is -17.6. The summed E-state index contributed by atoms with van der Waals surface area (Å²) in [6.45, 7) is 2.53. The van der Waals surface area contributed by atoms with Crippen molar-refractivity contribution >= 4 is 39.3 Å². The van der Waals surface area contributed by atoms with Crippen LogP contribution < -0.4 is 0 Å². The fourth-order valence-corrected chi connectivity index (χ4v) is 16.1. The Balaban J connectivity index is 2.39. The first-order valence-electron chi connectivity index (χ1n) is 13.4. The van der Waals surface area contributed by atoms with Gasteiger partial charge in [0.25, 0.3) is 0 Å². The average Bonchev–Trinajstić information content (AvgIpc) is 2.91. The SMILES string of the molecule is CC(=CC(S(=O)(=O)CCCS(=O)(=O)C(C=C(C)N=[N+]=[N-])S(=O)(=O)C1CCCCC1)S(=O)(=O)C1CCCCC1)N=[N+]=[N-]. The van der Waals surface area contributed by atoms with Gasteiger partial charge in [-0.15, -0.1) is 0 Å². The summed E-state index contributed by atoms with van der Waals surface area (Å²) in [6.07, 6.45) is 6.45. The molecule has 0 saturated heterocycles. The Labute approximate surface area is 242 Å². The highest BCUT2D eigenvalue weighted by Gasteiger charge is 2.43. The van der Waals surface area contributed by atoms with E-state index < -0.39 is 76.9 Å². The number of nitrogens with zero attached hydrogens (tertiary/aromatic N) is 6. The Hall–Kier alpha value is -2.10. The highest BCUT2D eigenvalue weighted by atomic mass is 32.3. The molecule has 0 aromatic heterocycles. The van der Waals surface area contributed by atoms with Gasteiger partial charge in [0, 0.05) is 21.2 Å². The molecule has 18 heteroatoms. The minimum atomic E-state index is -4.52. The van der Waals surface area contributed by atoms with Gasteiger partial charge in [-0.05, 0) is 69.2 Å². The largest absolute Gasteiger partial charge is 0.227 e. The van der Waals surface area contributed by atoms with Crippen LogP contribution in [0.1, 0.15) is 84.5 Å². The fourth-order valence-electron chi connectivity index (χ4n) is 5.27. The first kappa shape index (κ1) is 35.1. The lowest BCUT2D eigenvalue weighted by molar-refractivity contribution is 0.482. The molecule has 2 aliphatic carbocycles. The molecule has 2 unspecified atom stereocenters. The molecule has 0 bridgehead atoms. The first-order valence-corrected chi connectivity index (χ1v) is 20.1. The van der Waals surface area contributed by atoms with Crippen LogP contribution in [-0.4, -0.2) is 64.8 Å². The van der Waals surface area contributed by atoms with Crippen LogP contribution in [-0.2, 0) is 39.3 Å². The summed E-state index contributed by atoms with van der Waals surface area (Å²) in [5.41, 5.74) is 17.1. The standard InChI is InChI=1S/C23H38N6O8S4/c1-18(26-28-24)16-22(40(34,35)20-10-5-3-6-11-20)38(30,31)14-9-15-39(32,33)23(17-19(2)27-29-25)41(36,37)21-12-7-4-8-13-21/h16-17,20-23H,3-15H2,1-2H3. The van der Waals surface area contributed by atoms with E-state index in [0.717, 1.165) is 25.0 Å². The Bertz CT molecular complexity index is 1410. The van der Waals surface area contributed by atoms with Crippen molar-refractivity contribution in [3.05, 3.63) is 44.4 Å². The predicted molar refractivity (Wildman–Crippen MR) is 157 cm³/mol. The zero-order valence-corrected chi connectivity index (χ0v) is 26.5. The van der Waals surface area contributed by atoms with Gasteiger partial charge in [0.2, 0.25) is 0 Å². The third kappa shape index (κ3) is 9.45. The molecule has 0 radical (unpaired) electrons. The third-order valence-electron chi connectivity index (χ3n) is 7.41. The van der Waals surface area contributed by atoms with Gasteiger partial charge in [-0.3, -0.25) is 0 Å². The Morgan fingerprint density at radius 1 is 0.659 bits per heavy atom. The summed E-state index contributed by atoms with van der Waals surface area (Å²) in [4.78, 5) is 5.15. The second-order valence-electron chi connectivity index (χ2n) is 10.5. The van der Waals surface area contributed by atoms with Gasteiger partial charge in [-0.1, -0.05) is 48.8 Å². The van der Waals surface area contributed by atoms with Crippen molar-refractivity contribution in [2.45, 2.75) is 104 Å². The molecule has 232 valence electrons. The first-order chi connectivity index (χ1) is 19.1. The van der Waals surface area contributed by atoms with Crippen molar-refractivity contribution in [2.24, 2.45) is 10.2 Å². The summed E-state index contributed by atoms with van der Waals surface area (Å²) in [5.74, 6) is -1.73. The Morgan fingerprint density at radius 2 is 0.976 bits per heavy atom. The lowest BCUT2D eigenvalue weighted by Gasteiger charge is -2.26. The monoisotopic (exact) mass is 654 g/mol. The van der Waals surface area contributed by atoms with Crippen molar-refractivity contribution in [1.82, 2.24) is 0 Å². The van der Waals surface area contributed by atoms with E-state index in [-0.39, 0.29) is 37.1 Å². The van der Waals surface area contributed by atoms with Crippen molar-refractivity contribution < 1.29 is 33.7 Å². The van der Waals surface area contributed by atoms with Crippen molar-refractivity contribution in [3.8, 4) is 0 Å². The van der Waals surface area contributed by atoms with E-state index in [1.54, 1.807) is 0 Å². The molecular weight excluding hydrogens is 617 g/mol. The van der Waals surface area contributed by atoms with Crippen LogP contribution in [0, 0.1) is 0 Å². The van der Waals surface area contributed by atoms with Gasteiger partial charge in [0.05, 0.1) is 22.0 Å².